The number of rotatable bonds is 5. The lowest BCUT2D eigenvalue weighted by atomic mass is 10.1. The first-order valence-corrected chi connectivity index (χ1v) is 9.27. The SMILES string of the molecule is Cc1cc(C)cc(NC(=O)CSc2nc3ccc([N+](=O)[O-])cc3s2)c1. The average molecular weight is 373 g/mol. The molecular weight excluding hydrogens is 358 g/mol. The highest BCUT2D eigenvalue weighted by atomic mass is 32.2. The molecular formula is C17H15N3O3S2. The van der Waals surface area contributed by atoms with E-state index in [2.05, 4.69) is 10.3 Å². The molecule has 0 unspecified atom stereocenters. The first-order chi connectivity index (χ1) is 11.9. The van der Waals surface area contributed by atoms with E-state index in [1.807, 2.05) is 32.0 Å². The largest absolute Gasteiger partial charge is 0.325 e. The van der Waals surface area contributed by atoms with Crippen LogP contribution in [0.25, 0.3) is 10.2 Å². The molecule has 0 saturated carbocycles. The summed E-state index contributed by atoms with van der Waals surface area (Å²) in [6, 6.07) is 10.5. The lowest BCUT2D eigenvalue weighted by Crippen LogP contribution is -2.14. The van der Waals surface area contributed by atoms with Crippen LogP contribution < -0.4 is 5.32 Å². The van der Waals surface area contributed by atoms with E-state index in [0.717, 1.165) is 21.5 Å². The van der Waals surface area contributed by atoms with Crippen molar-refractivity contribution in [3.8, 4) is 0 Å². The standard InChI is InChI=1S/C17H15N3O3S2/c1-10-5-11(2)7-12(6-10)18-16(21)9-24-17-19-14-4-3-13(20(22)23)8-15(14)25-17/h3-8H,9H2,1-2H3,(H,18,21). The fourth-order valence-corrected chi connectivity index (χ4v) is 4.34. The molecule has 128 valence electrons. The molecule has 0 fully saturated rings. The van der Waals surface area contributed by atoms with Crippen LogP contribution in [0.4, 0.5) is 11.4 Å². The van der Waals surface area contributed by atoms with Gasteiger partial charge in [0.15, 0.2) is 4.34 Å². The zero-order valence-electron chi connectivity index (χ0n) is 13.6. The number of fused-ring (bicyclic) bond motifs is 1. The number of thioether (sulfide) groups is 1. The monoisotopic (exact) mass is 373 g/mol. The van der Waals surface area contributed by atoms with Gasteiger partial charge in [0.2, 0.25) is 5.91 Å². The van der Waals surface area contributed by atoms with Crippen molar-refractivity contribution >= 4 is 50.6 Å². The van der Waals surface area contributed by atoms with Crippen LogP contribution in [0.1, 0.15) is 11.1 Å². The van der Waals surface area contributed by atoms with Crippen molar-refractivity contribution in [2.24, 2.45) is 0 Å². The van der Waals surface area contributed by atoms with Crippen LogP contribution in [0.15, 0.2) is 40.7 Å². The molecule has 0 spiro atoms. The van der Waals surface area contributed by atoms with Gasteiger partial charge in [-0.15, -0.1) is 11.3 Å². The number of nitrogens with one attached hydrogen (secondary N) is 1. The van der Waals surface area contributed by atoms with E-state index < -0.39 is 4.92 Å². The Labute approximate surface area is 152 Å². The number of non-ortho nitro benzene ring substituents is 1. The first-order valence-electron chi connectivity index (χ1n) is 7.46. The highest BCUT2D eigenvalue weighted by molar-refractivity contribution is 8.01. The minimum absolute atomic E-state index is 0.0419. The van der Waals surface area contributed by atoms with Crippen molar-refractivity contribution in [2.45, 2.75) is 18.2 Å². The van der Waals surface area contributed by atoms with Crippen molar-refractivity contribution in [1.82, 2.24) is 4.98 Å². The van der Waals surface area contributed by atoms with Gasteiger partial charge in [0.1, 0.15) is 0 Å². The fraction of sp³-hybridized carbons (Fsp3) is 0.176. The van der Waals surface area contributed by atoms with E-state index in [0.29, 0.717) is 9.86 Å². The number of hydrogen-bond acceptors (Lipinski definition) is 6. The maximum absolute atomic E-state index is 12.1. The summed E-state index contributed by atoms with van der Waals surface area (Å²) in [4.78, 5) is 26.9. The number of hydrogen-bond donors (Lipinski definition) is 1. The number of thiazole rings is 1. The average Bonchev–Trinajstić information content (AvgIpc) is 2.93. The van der Waals surface area contributed by atoms with Crippen molar-refractivity contribution < 1.29 is 9.72 Å². The Morgan fingerprint density at radius 2 is 1.96 bits per heavy atom. The predicted molar refractivity (Wildman–Crippen MR) is 102 cm³/mol. The van der Waals surface area contributed by atoms with Crippen LogP contribution in [-0.4, -0.2) is 21.6 Å². The van der Waals surface area contributed by atoms with Crippen LogP contribution in [0.5, 0.6) is 0 Å². The van der Waals surface area contributed by atoms with Gasteiger partial charge in [0, 0.05) is 17.8 Å². The fourth-order valence-electron chi connectivity index (χ4n) is 2.44. The van der Waals surface area contributed by atoms with Gasteiger partial charge in [-0.1, -0.05) is 17.8 Å². The Balaban J connectivity index is 1.65. The second kappa shape index (κ2) is 7.20. The van der Waals surface area contributed by atoms with E-state index in [-0.39, 0.29) is 17.3 Å². The Bertz CT molecular complexity index is 949. The van der Waals surface area contributed by atoms with Crippen molar-refractivity contribution in [3.05, 3.63) is 57.6 Å². The van der Waals surface area contributed by atoms with Gasteiger partial charge < -0.3 is 5.32 Å². The second-order valence-corrected chi connectivity index (χ2v) is 7.86. The molecule has 1 N–H and O–H groups in total. The van der Waals surface area contributed by atoms with Gasteiger partial charge >= 0.3 is 0 Å². The summed E-state index contributed by atoms with van der Waals surface area (Å²) in [6.45, 7) is 3.97. The van der Waals surface area contributed by atoms with Crippen molar-refractivity contribution in [3.63, 3.8) is 0 Å². The second-order valence-electron chi connectivity index (χ2n) is 5.60. The Hall–Kier alpha value is -2.45. The number of nitro benzene ring substituents is 1. The summed E-state index contributed by atoms with van der Waals surface area (Å²) in [5.41, 5.74) is 3.71. The van der Waals surface area contributed by atoms with Gasteiger partial charge in [0.05, 0.1) is 20.9 Å². The lowest BCUT2D eigenvalue weighted by molar-refractivity contribution is -0.384. The number of nitrogens with zero attached hydrogens (tertiary/aromatic N) is 2. The summed E-state index contributed by atoms with van der Waals surface area (Å²) in [6.07, 6.45) is 0. The zero-order chi connectivity index (χ0) is 18.0. The number of anilines is 1. The minimum Gasteiger partial charge on any atom is -0.325 e. The minimum atomic E-state index is -0.427. The number of aryl methyl sites for hydroxylation is 2. The summed E-state index contributed by atoms with van der Waals surface area (Å²) in [7, 11) is 0. The summed E-state index contributed by atoms with van der Waals surface area (Å²) < 4.78 is 1.46. The third-order valence-corrected chi connectivity index (χ3v) is 5.56. The number of aromatic nitrogens is 1. The Morgan fingerprint density at radius 1 is 1.24 bits per heavy atom. The quantitative estimate of drug-likeness (QED) is 0.403. The third kappa shape index (κ3) is 4.34. The molecule has 1 amide bonds. The molecule has 3 rings (SSSR count). The Kier molecular flexibility index (Phi) is 5.00. The van der Waals surface area contributed by atoms with Crippen LogP contribution in [0, 0.1) is 24.0 Å². The molecule has 0 saturated heterocycles. The smallest absolute Gasteiger partial charge is 0.270 e. The van der Waals surface area contributed by atoms with Crippen LogP contribution >= 0.6 is 23.1 Å². The third-order valence-electron chi connectivity index (χ3n) is 3.40. The normalized spacial score (nSPS) is 10.8. The van der Waals surface area contributed by atoms with Crippen molar-refractivity contribution in [2.75, 3.05) is 11.1 Å². The summed E-state index contributed by atoms with van der Waals surface area (Å²) in [5.74, 6) is 0.120. The molecule has 0 aliphatic rings. The molecule has 2 aromatic carbocycles. The molecule has 3 aromatic rings. The van der Waals surface area contributed by atoms with Gasteiger partial charge in [-0.05, 0) is 43.2 Å². The number of amides is 1. The molecule has 0 atom stereocenters. The van der Waals surface area contributed by atoms with Crippen LogP contribution in [0.3, 0.4) is 0 Å². The topological polar surface area (TPSA) is 85.1 Å². The van der Waals surface area contributed by atoms with E-state index in [9.17, 15) is 14.9 Å². The number of benzene rings is 2. The highest BCUT2D eigenvalue weighted by Crippen LogP contribution is 2.31. The Morgan fingerprint density at radius 3 is 2.64 bits per heavy atom. The summed E-state index contributed by atoms with van der Waals surface area (Å²) >= 11 is 2.67. The van der Waals surface area contributed by atoms with E-state index in [4.69, 9.17) is 0 Å². The zero-order valence-corrected chi connectivity index (χ0v) is 15.2. The van der Waals surface area contributed by atoms with Gasteiger partial charge in [-0.3, -0.25) is 14.9 Å². The highest BCUT2D eigenvalue weighted by Gasteiger charge is 2.12. The maximum atomic E-state index is 12.1. The van der Waals surface area contributed by atoms with Crippen LogP contribution in [-0.2, 0) is 4.79 Å². The number of carbonyl (C=O) groups is 1. The van der Waals surface area contributed by atoms with E-state index >= 15 is 0 Å². The maximum Gasteiger partial charge on any atom is 0.270 e. The van der Waals surface area contributed by atoms with Gasteiger partial charge in [-0.2, -0.15) is 0 Å². The molecule has 0 aliphatic heterocycles. The summed E-state index contributed by atoms with van der Waals surface area (Å²) in [5, 5.41) is 13.7. The first kappa shape index (κ1) is 17.4. The lowest BCUT2D eigenvalue weighted by Gasteiger charge is -2.06. The molecule has 6 nitrogen and oxygen atoms in total. The molecule has 0 aliphatic carbocycles. The number of carbonyl (C=O) groups excluding carboxylic acids is 1. The van der Waals surface area contributed by atoms with E-state index in [1.54, 1.807) is 6.07 Å². The predicted octanol–water partition coefficient (Wildman–Crippen LogP) is 4.55. The molecule has 0 radical (unpaired) electrons. The van der Waals surface area contributed by atoms with E-state index in [1.165, 1.54) is 35.2 Å². The molecule has 8 heteroatoms. The molecule has 25 heavy (non-hydrogen) atoms. The van der Waals surface area contributed by atoms with Gasteiger partial charge in [-0.25, -0.2) is 4.98 Å². The number of nitro groups is 1. The molecule has 0 bridgehead atoms. The van der Waals surface area contributed by atoms with Crippen LogP contribution in [0.2, 0.25) is 0 Å². The van der Waals surface area contributed by atoms with Gasteiger partial charge in [0.25, 0.3) is 5.69 Å². The van der Waals surface area contributed by atoms with Crippen molar-refractivity contribution in [1.29, 1.82) is 0 Å². The molecule has 1 aromatic heterocycles. The molecule has 1 heterocycles.